The summed E-state index contributed by atoms with van der Waals surface area (Å²) in [5.74, 6) is 0.958. The number of likely N-dealkylation sites (N-methyl/N-ethyl adjacent to an activating group) is 1. The Balaban J connectivity index is 2.22. The fraction of sp³-hybridized carbons (Fsp3) is 0.368. The fourth-order valence-electron chi connectivity index (χ4n) is 2.62. The number of hydrogen-bond donors (Lipinski definition) is 1. The van der Waals surface area contributed by atoms with Gasteiger partial charge in [-0.25, -0.2) is 0 Å². The van der Waals surface area contributed by atoms with E-state index in [-0.39, 0.29) is 6.04 Å². The first kappa shape index (κ1) is 15.6. The maximum absolute atomic E-state index is 5.54. The van der Waals surface area contributed by atoms with Crippen molar-refractivity contribution in [3.8, 4) is 5.75 Å². The minimum absolute atomic E-state index is 0.257. The lowest BCUT2D eigenvalue weighted by Gasteiger charge is -2.20. The number of benzene rings is 2. The SMILES string of the molecule is CCc1ccc(CC(NC)c2ccc(C)cc2OC)cc1. The molecule has 0 bridgehead atoms. The zero-order valence-corrected chi connectivity index (χ0v) is 13.4. The van der Waals surface area contributed by atoms with Gasteiger partial charge in [-0.15, -0.1) is 0 Å². The van der Waals surface area contributed by atoms with E-state index >= 15 is 0 Å². The highest BCUT2D eigenvalue weighted by molar-refractivity contribution is 5.40. The number of aryl methyl sites for hydroxylation is 2. The van der Waals surface area contributed by atoms with Gasteiger partial charge in [0.1, 0.15) is 5.75 Å². The lowest BCUT2D eigenvalue weighted by molar-refractivity contribution is 0.401. The van der Waals surface area contributed by atoms with Gasteiger partial charge in [-0.2, -0.15) is 0 Å². The predicted molar refractivity (Wildman–Crippen MR) is 89.1 cm³/mol. The van der Waals surface area contributed by atoms with Crippen molar-refractivity contribution in [1.82, 2.24) is 5.32 Å². The van der Waals surface area contributed by atoms with Crippen LogP contribution in [0.4, 0.5) is 0 Å². The number of hydrogen-bond acceptors (Lipinski definition) is 2. The molecule has 0 radical (unpaired) electrons. The molecule has 0 spiro atoms. The third-order valence-electron chi connectivity index (χ3n) is 3.98. The topological polar surface area (TPSA) is 21.3 Å². The van der Waals surface area contributed by atoms with Gasteiger partial charge in [0.25, 0.3) is 0 Å². The van der Waals surface area contributed by atoms with E-state index < -0.39 is 0 Å². The average molecular weight is 283 g/mol. The van der Waals surface area contributed by atoms with Gasteiger partial charge < -0.3 is 10.1 Å². The first-order valence-corrected chi connectivity index (χ1v) is 7.57. The Bertz CT molecular complexity index is 575. The van der Waals surface area contributed by atoms with E-state index in [9.17, 15) is 0 Å². The molecule has 0 aliphatic heterocycles. The van der Waals surface area contributed by atoms with Crippen molar-refractivity contribution >= 4 is 0 Å². The summed E-state index contributed by atoms with van der Waals surface area (Å²) in [6.07, 6.45) is 2.04. The Morgan fingerprint density at radius 1 is 1.05 bits per heavy atom. The fourth-order valence-corrected chi connectivity index (χ4v) is 2.62. The van der Waals surface area contributed by atoms with Crippen molar-refractivity contribution in [2.75, 3.05) is 14.2 Å². The molecule has 0 saturated heterocycles. The Kier molecular flexibility index (Phi) is 5.40. The monoisotopic (exact) mass is 283 g/mol. The Labute approximate surface area is 128 Å². The van der Waals surface area contributed by atoms with E-state index in [0.29, 0.717) is 0 Å². The normalized spacial score (nSPS) is 12.2. The molecule has 2 aromatic rings. The van der Waals surface area contributed by atoms with Crippen LogP contribution in [0.3, 0.4) is 0 Å². The highest BCUT2D eigenvalue weighted by Crippen LogP contribution is 2.28. The lowest BCUT2D eigenvalue weighted by atomic mass is 9.96. The lowest BCUT2D eigenvalue weighted by Crippen LogP contribution is -2.19. The Hall–Kier alpha value is -1.80. The molecular formula is C19H25NO. The van der Waals surface area contributed by atoms with Crippen molar-refractivity contribution in [3.05, 3.63) is 64.7 Å². The zero-order chi connectivity index (χ0) is 15.2. The van der Waals surface area contributed by atoms with Crippen molar-refractivity contribution in [1.29, 1.82) is 0 Å². The summed E-state index contributed by atoms with van der Waals surface area (Å²) in [5.41, 5.74) is 5.16. The van der Waals surface area contributed by atoms with E-state index in [1.54, 1.807) is 7.11 Å². The van der Waals surface area contributed by atoms with Gasteiger partial charge in [0.15, 0.2) is 0 Å². The van der Waals surface area contributed by atoms with Crippen LogP contribution < -0.4 is 10.1 Å². The summed E-state index contributed by atoms with van der Waals surface area (Å²) in [7, 11) is 3.74. The van der Waals surface area contributed by atoms with Crippen LogP contribution in [-0.4, -0.2) is 14.2 Å². The van der Waals surface area contributed by atoms with Gasteiger partial charge in [0.2, 0.25) is 0 Å². The van der Waals surface area contributed by atoms with Crippen molar-refractivity contribution < 1.29 is 4.74 Å². The van der Waals surface area contributed by atoms with Crippen molar-refractivity contribution in [3.63, 3.8) is 0 Å². The summed E-state index contributed by atoms with van der Waals surface area (Å²) in [6.45, 7) is 4.27. The average Bonchev–Trinajstić information content (AvgIpc) is 2.53. The molecular weight excluding hydrogens is 258 g/mol. The van der Waals surface area contributed by atoms with Crippen LogP contribution in [-0.2, 0) is 12.8 Å². The zero-order valence-electron chi connectivity index (χ0n) is 13.4. The third-order valence-corrected chi connectivity index (χ3v) is 3.98. The van der Waals surface area contributed by atoms with E-state index in [2.05, 4.69) is 61.6 Å². The summed E-state index contributed by atoms with van der Waals surface area (Å²) in [4.78, 5) is 0. The van der Waals surface area contributed by atoms with Crippen molar-refractivity contribution in [2.45, 2.75) is 32.7 Å². The van der Waals surface area contributed by atoms with Crippen LogP contribution in [0.15, 0.2) is 42.5 Å². The number of rotatable bonds is 6. The molecule has 1 N–H and O–H groups in total. The van der Waals surface area contributed by atoms with Gasteiger partial charge in [-0.05, 0) is 49.6 Å². The second-order valence-electron chi connectivity index (χ2n) is 5.46. The Morgan fingerprint density at radius 2 is 1.71 bits per heavy atom. The molecule has 0 aromatic heterocycles. The molecule has 21 heavy (non-hydrogen) atoms. The minimum Gasteiger partial charge on any atom is -0.496 e. The van der Waals surface area contributed by atoms with E-state index in [4.69, 9.17) is 4.74 Å². The van der Waals surface area contributed by atoms with Crippen LogP contribution >= 0.6 is 0 Å². The summed E-state index contributed by atoms with van der Waals surface area (Å²) >= 11 is 0. The molecule has 112 valence electrons. The van der Waals surface area contributed by atoms with Crippen LogP contribution in [0, 0.1) is 6.92 Å². The van der Waals surface area contributed by atoms with Gasteiger partial charge >= 0.3 is 0 Å². The maximum atomic E-state index is 5.54. The molecule has 0 heterocycles. The van der Waals surface area contributed by atoms with Gasteiger partial charge in [-0.1, -0.05) is 43.3 Å². The second-order valence-corrected chi connectivity index (χ2v) is 5.46. The smallest absolute Gasteiger partial charge is 0.123 e. The molecule has 0 aliphatic carbocycles. The quantitative estimate of drug-likeness (QED) is 0.863. The van der Waals surface area contributed by atoms with E-state index in [1.165, 1.54) is 22.3 Å². The van der Waals surface area contributed by atoms with Gasteiger partial charge in [-0.3, -0.25) is 0 Å². The second kappa shape index (κ2) is 7.28. The Morgan fingerprint density at radius 3 is 2.29 bits per heavy atom. The predicted octanol–water partition coefficient (Wildman–Crippen LogP) is 4.07. The van der Waals surface area contributed by atoms with E-state index in [1.807, 2.05) is 7.05 Å². The minimum atomic E-state index is 0.257. The first-order valence-electron chi connectivity index (χ1n) is 7.57. The summed E-state index contributed by atoms with van der Waals surface area (Å²) in [6, 6.07) is 15.5. The maximum Gasteiger partial charge on any atom is 0.123 e. The van der Waals surface area contributed by atoms with Crippen LogP contribution in [0.2, 0.25) is 0 Å². The highest BCUT2D eigenvalue weighted by atomic mass is 16.5. The molecule has 2 rings (SSSR count). The number of ether oxygens (including phenoxy) is 1. The molecule has 0 aliphatic rings. The molecule has 0 saturated carbocycles. The molecule has 0 fully saturated rings. The molecule has 2 aromatic carbocycles. The highest BCUT2D eigenvalue weighted by Gasteiger charge is 2.15. The third kappa shape index (κ3) is 3.85. The largest absolute Gasteiger partial charge is 0.496 e. The standard InChI is InChI=1S/C19H25NO/c1-5-15-7-9-16(10-8-15)13-18(20-3)17-11-6-14(2)12-19(17)21-4/h6-12,18,20H,5,13H2,1-4H3. The number of nitrogens with one attached hydrogen (secondary N) is 1. The van der Waals surface area contributed by atoms with Gasteiger partial charge in [0.05, 0.1) is 7.11 Å². The molecule has 1 unspecified atom stereocenters. The molecule has 0 amide bonds. The number of methoxy groups -OCH3 is 1. The summed E-state index contributed by atoms with van der Waals surface area (Å²) in [5, 5.41) is 3.41. The van der Waals surface area contributed by atoms with Crippen molar-refractivity contribution in [2.24, 2.45) is 0 Å². The molecule has 2 heteroatoms. The van der Waals surface area contributed by atoms with Crippen LogP contribution in [0.1, 0.15) is 35.2 Å². The molecule has 2 nitrogen and oxygen atoms in total. The van der Waals surface area contributed by atoms with Crippen LogP contribution in [0.5, 0.6) is 5.75 Å². The summed E-state index contributed by atoms with van der Waals surface area (Å²) < 4.78 is 5.54. The van der Waals surface area contributed by atoms with Gasteiger partial charge in [0, 0.05) is 11.6 Å². The van der Waals surface area contributed by atoms with Crippen LogP contribution in [0.25, 0.3) is 0 Å². The van der Waals surface area contributed by atoms with E-state index in [0.717, 1.165) is 18.6 Å². The first-order chi connectivity index (χ1) is 10.2. The molecule has 1 atom stereocenters.